The number of hydrogen-bond donors (Lipinski definition) is 1. The van der Waals surface area contributed by atoms with Crippen LogP contribution in [0.1, 0.15) is 66.5 Å². The molecule has 2 heteroatoms. The second-order valence-electron chi connectivity index (χ2n) is 6.01. The number of rotatable bonds is 0. The van der Waals surface area contributed by atoms with E-state index in [4.69, 9.17) is 0 Å². The predicted molar refractivity (Wildman–Crippen MR) is 99.4 cm³/mol. The molecule has 22 heavy (non-hydrogen) atoms. The summed E-state index contributed by atoms with van der Waals surface area (Å²) in [4.78, 5) is 3.99. The largest absolute Gasteiger partial charge is 0.374 e. The summed E-state index contributed by atoms with van der Waals surface area (Å²) in [5, 5.41) is 3.16. The fourth-order valence-electron chi connectivity index (χ4n) is 3.35. The van der Waals surface area contributed by atoms with Gasteiger partial charge in [0.1, 0.15) is 0 Å². The van der Waals surface area contributed by atoms with Crippen molar-refractivity contribution >= 4 is 5.84 Å². The Morgan fingerprint density at radius 1 is 0.727 bits per heavy atom. The minimum atomic E-state index is 1.12. The molecule has 0 atom stereocenters. The van der Waals surface area contributed by atoms with E-state index in [2.05, 4.69) is 38.0 Å². The average molecular weight is 303 g/mol. The molecule has 0 radical (unpaired) electrons. The lowest BCUT2D eigenvalue weighted by atomic mass is 9.90. The van der Waals surface area contributed by atoms with Gasteiger partial charge in [0.05, 0.1) is 5.84 Å². The van der Waals surface area contributed by atoms with Gasteiger partial charge in [-0.2, -0.15) is 0 Å². The van der Waals surface area contributed by atoms with Gasteiger partial charge in [-0.3, -0.25) is 4.99 Å². The number of nitrogens with one attached hydrogen (secondary N) is 1. The Kier molecular flexibility index (Phi) is 7.64. The molecule has 1 saturated heterocycles. The van der Waals surface area contributed by atoms with E-state index in [1.165, 1.54) is 42.6 Å². The van der Waals surface area contributed by atoms with Crippen molar-refractivity contribution in [3.8, 4) is 0 Å². The Bertz CT molecular complexity index is 484. The minimum Gasteiger partial charge on any atom is -0.374 e. The van der Waals surface area contributed by atoms with E-state index in [9.17, 15) is 0 Å². The van der Waals surface area contributed by atoms with Crippen molar-refractivity contribution in [3.05, 3.63) is 33.4 Å². The fourth-order valence-corrected chi connectivity index (χ4v) is 3.35. The van der Waals surface area contributed by atoms with Gasteiger partial charge in [0.15, 0.2) is 0 Å². The van der Waals surface area contributed by atoms with Gasteiger partial charge in [-0.05, 0) is 86.8 Å². The van der Waals surface area contributed by atoms with Crippen LogP contribution in [0.5, 0.6) is 0 Å². The van der Waals surface area contributed by atoms with Crippen LogP contribution in [-0.4, -0.2) is 19.4 Å². The Hall–Kier alpha value is -1.31. The Morgan fingerprint density at radius 3 is 1.55 bits per heavy atom. The van der Waals surface area contributed by atoms with E-state index < -0.39 is 0 Å². The third kappa shape index (κ3) is 4.12. The monoisotopic (exact) mass is 302 g/mol. The molecule has 1 aromatic carbocycles. The zero-order valence-corrected chi connectivity index (χ0v) is 15.7. The van der Waals surface area contributed by atoms with E-state index in [1.807, 2.05) is 20.9 Å². The SMILES string of the molecule is CC.CN=C1CCCN1.Cc1c(C)c(C)c2c(c1C)CCC2. The highest BCUT2D eigenvalue weighted by Gasteiger charge is 2.18. The van der Waals surface area contributed by atoms with Crippen LogP contribution < -0.4 is 5.32 Å². The van der Waals surface area contributed by atoms with E-state index in [0.717, 1.165) is 13.0 Å². The summed E-state index contributed by atoms with van der Waals surface area (Å²) < 4.78 is 0. The molecule has 0 aromatic heterocycles. The molecule has 0 unspecified atom stereocenters. The lowest BCUT2D eigenvalue weighted by molar-refractivity contribution is 0.907. The molecule has 0 saturated carbocycles. The summed E-state index contributed by atoms with van der Waals surface area (Å²) in [6.45, 7) is 14.2. The molecule has 1 aromatic rings. The number of benzene rings is 1. The first-order valence-corrected chi connectivity index (χ1v) is 8.84. The second-order valence-corrected chi connectivity index (χ2v) is 6.01. The lowest BCUT2D eigenvalue weighted by Gasteiger charge is -2.15. The smallest absolute Gasteiger partial charge is 0.0960 e. The van der Waals surface area contributed by atoms with E-state index in [1.54, 1.807) is 22.3 Å². The number of hydrogen-bond acceptors (Lipinski definition) is 1. The molecule has 1 N–H and O–H groups in total. The van der Waals surface area contributed by atoms with Crippen molar-refractivity contribution in [1.29, 1.82) is 0 Å². The summed E-state index contributed by atoms with van der Waals surface area (Å²) in [5.41, 5.74) is 9.43. The molecule has 0 spiro atoms. The molecular formula is C20H34N2. The van der Waals surface area contributed by atoms with Crippen LogP contribution in [0.4, 0.5) is 0 Å². The fraction of sp³-hybridized carbons (Fsp3) is 0.650. The van der Waals surface area contributed by atoms with Gasteiger partial charge in [0.25, 0.3) is 0 Å². The third-order valence-electron chi connectivity index (χ3n) is 5.00. The molecule has 1 aliphatic carbocycles. The molecule has 2 nitrogen and oxygen atoms in total. The van der Waals surface area contributed by atoms with Gasteiger partial charge >= 0.3 is 0 Å². The highest BCUT2D eigenvalue weighted by molar-refractivity contribution is 5.83. The maximum atomic E-state index is 3.99. The van der Waals surface area contributed by atoms with E-state index >= 15 is 0 Å². The van der Waals surface area contributed by atoms with Crippen LogP contribution in [0.2, 0.25) is 0 Å². The van der Waals surface area contributed by atoms with Crippen LogP contribution in [-0.2, 0) is 12.8 Å². The molecule has 0 bridgehead atoms. The quantitative estimate of drug-likeness (QED) is 0.729. The maximum Gasteiger partial charge on any atom is 0.0960 e. The standard InChI is InChI=1S/C13H18.C5H10N2.C2H6/c1-8-9(2)11(4)13-7-5-6-12(13)10(8)3;1-6-5-3-2-4-7-5;1-2/h5-7H2,1-4H3;2-4H2,1H3,(H,6,7);1-2H3. The summed E-state index contributed by atoms with van der Waals surface area (Å²) in [6.07, 6.45) is 6.38. The molecule has 1 heterocycles. The maximum absolute atomic E-state index is 3.99. The van der Waals surface area contributed by atoms with Crippen molar-refractivity contribution in [2.24, 2.45) is 4.99 Å². The molecular weight excluding hydrogens is 268 g/mol. The van der Waals surface area contributed by atoms with Crippen molar-refractivity contribution in [3.63, 3.8) is 0 Å². The van der Waals surface area contributed by atoms with Crippen LogP contribution in [0.25, 0.3) is 0 Å². The molecule has 1 aliphatic heterocycles. The van der Waals surface area contributed by atoms with Crippen molar-refractivity contribution in [2.75, 3.05) is 13.6 Å². The minimum absolute atomic E-state index is 1.12. The summed E-state index contributed by atoms with van der Waals surface area (Å²) in [6, 6.07) is 0. The summed E-state index contributed by atoms with van der Waals surface area (Å²) in [7, 11) is 1.83. The third-order valence-corrected chi connectivity index (χ3v) is 5.00. The lowest BCUT2D eigenvalue weighted by Crippen LogP contribution is -2.13. The molecule has 3 rings (SSSR count). The Morgan fingerprint density at radius 2 is 1.23 bits per heavy atom. The zero-order chi connectivity index (χ0) is 16.7. The highest BCUT2D eigenvalue weighted by Crippen LogP contribution is 2.32. The number of fused-ring (bicyclic) bond motifs is 1. The van der Waals surface area contributed by atoms with Gasteiger partial charge in [-0.15, -0.1) is 0 Å². The van der Waals surface area contributed by atoms with Gasteiger partial charge < -0.3 is 5.32 Å². The van der Waals surface area contributed by atoms with Gasteiger partial charge in [0.2, 0.25) is 0 Å². The van der Waals surface area contributed by atoms with Gasteiger partial charge in [-0.25, -0.2) is 0 Å². The summed E-state index contributed by atoms with van der Waals surface area (Å²) in [5.74, 6) is 1.17. The number of aliphatic imine (C=N–C) groups is 1. The normalized spacial score (nSPS) is 17.1. The van der Waals surface area contributed by atoms with Crippen molar-refractivity contribution < 1.29 is 0 Å². The Balaban J connectivity index is 0.000000228. The van der Waals surface area contributed by atoms with Crippen LogP contribution in [0, 0.1) is 27.7 Å². The van der Waals surface area contributed by atoms with Gasteiger partial charge in [-0.1, -0.05) is 13.8 Å². The summed E-state index contributed by atoms with van der Waals surface area (Å²) >= 11 is 0. The van der Waals surface area contributed by atoms with Gasteiger partial charge in [0, 0.05) is 20.0 Å². The van der Waals surface area contributed by atoms with Crippen molar-refractivity contribution in [1.82, 2.24) is 5.32 Å². The topological polar surface area (TPSA) is 24.4 Å². The van der Waals surface area contributed by atoms with E-state index in [-0.39, 0.29) is 0 Å². The first-order chi connectivity index (χ1) is 10.6. The molecule has 124 valence electrons. The van der Waals surface area contributed by atoms with E-state index in [0.29, 0.717) is 0 Å². The van der Waals surface area contributed by atoms with Crippen LogP contribution >= 0.6 is 0 Å². The highest BCUT2D eigenvalue weighted by atomic mass is 15.0. The van der Waals surface area contributed by atoms with Crippen LogP contribution in [0.15, 0.2) is 4.99 Å². The molecule has 1 fully saturated rings. The molecule has 2 aliphatic rings. The second kappa shape index (κ2) is 8.97. The first kappa shape index (κ1) is 18.7. The number of amidine groups is 1. The Labute approximate surface area is 137 Å². The average Bonchev–Trinajstić information content (AvgIpc) is 3.24. The molecule has 0 amide bonds. The van der Waals surface area contributed by atoms with Crippen molar-refractivity contribution in [2.45, 2.75) is 73.6 Å². The predicted octanol–water partition coefficient (Wildman–Crippen LogP) is 4.83. The zero-order valence-electron chi connectivity index (χ0n) is 15.7. The van der Waals surface area contributed by atoms with Crippen LogP contribution in [0.3, 0.4) is 0 Å². The first-order valence-electron chi connectivity index (χ1n) is 8.84. The number of nitrogens with zero attached hydrogens (tertiary/aromatic N) is 1.